The normalized spacial score (nSPS) is 19.1. The van der Waals surface area contributed by atoms with E-state index in [1.165, 1.54) is 37.5 Å². The van der Waals surface area contributed by atoms with Crippen molar-refractivity contribution in [1.82, 2.24) is 63.0 Å². The van der Waals surface area contributed by atoms with Crippen LogP contribution in [0.4, 0.5) is 0 Å². The number of hydrogen-bond donors (Lipinski definition) is 16. The zero-order valence-corrected chi connectivity index (χ0v) is 53.7. The standard InChI is InChI=1S/C58H106N16O14/c1-13-32(8)44(53(83)65-35(11)57(87)88)71-54(84)45(36(12)75)72-49(79)39(27-29(2)3)68-47(77)34(10)64-50(80)41-21-17-26-74(41)56(86)40(28-30(4)5)69-52(82)43(31(6)7)70-51(81)42-22-18-25-73(42)55(85)38(19-14-15-23-59)67-48(78)37(66-46(76)33(9)60)20-16-24-63-58(61)62/h29-45,58,63,75H,13-28,59-62H2,1-12H3,(H,64,80)(H,65,83)(H,66,76)(H,67,78)(H,68,77)(H,69,82)(H,70,81)(H,71,84)(H,72,79)(H,87,88)/t32-,33-,34-,35-,36+,37-,38-,39-,40-,41-,42-,43-,44-,45-/m0/s1. The smallest absolute Gasteiger partial charge is 0.325 e. The molecule has 20 N–H and O–H groups in total. The quantitative estimate of drug-likeness (QED) is 0.0212. The van der Waals surface area contributed by atoms with Gasteiger partial charge in [0.15, 0.2) is 0 Å². The van der Waals surface area contributed by atoms with Gasteiger partial charge in [0.25, 0.3) is 0 Å². The summed E-state index contributed by atoms with van der Waals surface area (Å²) in [6.07, 6.45) is 1.24. The SMILES string of the molecule is CC[C@H](C)[C@H](NC(=O)[C@@H](NC(=O)[C@H](CC(C)C)NC(=O)[C@H](C)NC(=O)[C@@H]1CCCN1C(=O)[C@H](CC(C)C)NC(=O)[C@@H](NC(=O)[C@@H]1CCCN1C(=O)[C@H](CCCCN)NC(=O)[C@H](CCCNC(N)N)NC(=O)[C@H](C)N)C(C)C)[C@@H](C)O)C(=O)N[C@@H](C)C(=O)O. The second-order valence-corrected chi connectivity index (χ2v) is 24.7. The van der Waals surface area contributed by atoms with Crippen LogP contribution < -0.4 is 76.1 Å². The summed E-state index contributed by atoms with van der Waals surface area (Å²) in [5.74, 6) is -10.4. The summed E-state index contributed by atoms with van der Waals surface area (Å²) in [5, 5.41) is 46.5. The number of nitrogens with one attached hydrogen (secondary N) is 10. The van der Waals surface area contributed by atoms with Crippen LogP contribution in [0.15, 0.2) is 0 Å². The number of carbonyl (C=O) groups is 12. The molecule has 2 fully saturated rings. The molecule has 0 radical (unpaired) electrons. The van der Waals surface area contributed by atoms with Gasteiger partial charge in [-0.1, -0.05) is 61.8 Å². The molecule has 0 spiro atoms. The Balaban J connectivity index is 2.28. The van der Waals surface area contributed by atoms with Crippen molar-refractivity contribution in [1.29, 1.82) is 0 Å². The van der Waals surface area contributed by atoms with Crippen LogP contribution in [0.2, 0.25) is 0 Å². The average molecular weight is 1250 g/mol. The van der Waals surface area contributed by atoms with Gasteiger partial charge < -0.3 is 90.8 Å². The van der Waals surface area contributed by atoms with Crippen LogP contribution in [-0.4, -0.2) is 202 Å². The third-order valence-electron chi connectivity index (χ3n) is 15.6. The molecule has 0 saturated carbocycles. The molecular weight excluding hydrogens is 1140 g/mol. The number of carboxylic acid groups (broad SMARTS) is 1. The van der Waals surface area contributed by atoms with Crippen LogP contribution in [0.25, 0.3) is 0 Å². The lowest BCUT2D eigenvalue weighted by atomic mass is 9.97. The van der Waals surface area contributed by atoms with Crippen LogP contribution in [0.5, 0.6) is 0 Å². The highest BCUT2D eigenvalue weighted by Crippen LogP contribution is 2.24. The average Bonchev–Trinajstić information content (AvgIpc) is 3.32. The van der Waals surface area contributed by atoms with Crippen molar-refractivity contribution in [2.24, 2.45) is 46.6 Å². The van der Waals surface area contributed by atoms with Crippen molar-refractivity contribution in [3.8, 4) is 0 Å². The van der Waals surface area contributed by atoms with Gasteiger partial charge in [-0.15, -0.1) is 0 Å². The fraction of sp³-hybridized carbons (Fsp3) is 0.793. The number of aliphatic hydroxyl groups excluding tert-OH is 1. The first kappa shape index (κ1) is 77.5. The summed E-state index contributed by atoms with van der Waals surface area (Å²) in [4.78, 5) is 167. The number of amides is 11. The van der Waals surface area contributed by atoms with E-state index in [0.29, 0.717) is 51.6 Å². The molecule has 2 saturated heterocycles. The summed E-state index contributed by atoms with van der Waals surface area (Å²) in [6.45, 7) is 20.4. The number of rotatable bonds is 38. The molecule has 30 nitrogen and oxygen atoms in total. The Bertz CT molecular complexity index is 2360. The second-order valence-electron chi connectivity index (χ2n) is 24.7. The number of carboxylic acids is 1. The first-order valence-electron chi connectivity index (χ1n) is 31.1. The van der Waals surface area contributed by atoms with Gasteiger partial charge in [0.05, 0.1) is 12.1 Å². The minimum Gasteiger partial charge on any atom is -0.480 e. The van der Waals surface area contributed by atoms with Crippen LogP contribution in [0.3, 0.4) is 0 Å². The van der Waals surface area contributed by atoms with E-state index in [1.54, 1.807) is 41.5 Å². The van der Waals surface area contributed by atoms with E-state index >= 15 is 0 Å². The Morgan fingerprint density at radius 3 is 1.47 bits per heavy atom. The van der Waals surface area contributed by atoms with E-state index in [0.717, 1.165) is 0 Å². The monoisotopic (exact) mass is 1250 g/mol. The molecule has 2 aliphatic rings. The molecule has 2 aliphatic heterocycles. The van der Waals surface area contributed by atoms with Gasteiger partial charge in [0.2, 0.25) is 65.0 Å². The number of aliphatic hydroxyl groups is 1. The molecule has 11 amide bonds. The minimum atomic E-state index is -1.62. The zero-order valence-electron chi connectivity index (χ0n) is 53.7. The first-order chi connectivity index (χ1) is 41.2. The lowest BCUT2D eigenvalue weighted by Crippen LogP contribution is -2.62. The Labute approximate surface area is 517 Å². The van der Waals surface area contributed by atoms with Crippen molar-refractivity contribution in [3.05, 3.63) is 0 Å². The molecule has 30 heteroatoms. The van der Waals surface area contributed by atoms with Crippen molar-refractivity contribution in [2.45, 2.75) is 245 Å². The van der Waals surface area contributed by atoms with Gasteiger partial charge in [0.1, 0.15) is 72.7 Å². The predicted molar refractivity (Wildman–Crippen MR) is 327 cm³/mol. The van der Waals surface area contributed by atoms with Gasteiger partial charge >= 0.3 is 5.97 Å². The summed E-state index contributed by atoms with van der Waals surface area (Å²) in [7, 11) is 0. The highest BCUT2D eigenvalue weighted by atomic mass is 16.4. The maximum atomic E-state index is 14.6. The molecule has 0 aromatic carbocycles. The van der Waals surface area contributed by atoms with Gasteiger partial charge in [-0.25, -0.2) is 0 Å². The van der Waals surface area contributed by atoms with E-state index in [-0.39, 0.29) is 63.5 Å². The van der Waals surface area contributed by atoms with Crippen molar-refractivity contribution < 1.29 is 67.7 Å². The number of nitrogens with zero attached hydrogens (tertiary/aromatic N) is 2. The lowest BCUT2D eigenvalue weighted by Gasteiger charge is -2.33. The van der Waals surface area contributed by atoms with Crippen molar-refractivity contribution in [3.63, 3.8) is 0 Å². The van der Waals surface area contributed by atoms with Crippen molar-refractivity contribution >= 4 is 70.9 Å². The predicted octanol–water partition coefficient (Wildman–Crippen LogP) is -3.32. The van der Waals surface area contributed by atoms with Crippen molar-refractivity contribution in [2.75, 3.05) is 26.2 Å². The highest BCUT2D eigenvalue weighted by Gasteiger charge is 2.43. The molecule has 0 aromatic heterocycles. The molecule has 88 heavy (non-hydrogen) atoms. The van der Waals surface area contributed by atoms with Crippen LogP contribution >= 0.6 is 0 Å². The molecule has 0 aromatic rings. The van der Waals surface area contributed by atoms with E-state index in [9.17, 15) is 67.7 Å². The minimum absolute atomic E-state index is 0.0512. The number of nitrogens with two attached hydrogens (primary N) is 4. The second kappa shape index (κ2) is 38.1. The number of aliphatic carboxylic acids is 1. The molecule has 2 rings (SSSR count). The Hall–Kier alpha value is -6.60. The van der Waals surface area contributed by atoms with E-state index < -0.39 is 168 Å². The molecule has 0 bridgehead atoms. The molecule has 502 valence electrons. The molecule has 0 aliphatic carbocycles. The fourth-order valence-corrected chi connectivity index (χ4v) is 10.3. The maximum Gasteiger partial charge on any atom is 0.325 e. The van der Waals surface area contributed by atoms with E-state index in [1.807, 2.05) is 13.8 Å². The summed E-state index contributed by atoms with van der Waals surface area (Å²) in [6, 6.07) is -14.3. The lowest BCUT2D eigenvalue weighted by molar-refractivity contribution is -0.144. The Kier molecular flexibility index (Phi) is 33.5. The summed E-state index contributed by atoms with van der Waals surface area (Å²) >= 11 is 0. The van der Waals surface area contributed by atoms with Gasteiger partial charge in [-0.3, -0.25) is 62.9 Å². The topological polar surface area (TPSA) is 476 Å². The van der Waals surface area contributed by atoms with Crippen LogP contribution in [0, 0.1) is 23.7 Å². The van der Waals surface area contributed by atoms with Gasteiger partial charge in [-0.05, 0) is 135 Å². The Morgan fingerprint density at radius 1 is 0.500 bits per heavy atom. The Morgan fingerprint density at radius 2 is 0.966 bits per heavy atom. The number of hydrogen-bond acceptors (Lipinski definition) is 18. The molecule has 2 heterocycles. The summed E-state index contributed by atoms with van der Waals surface area (Å²) in [5.41, 5.74) is 22.8. The highest BCUT2D eigenvalue weighted by molar-refractivity contribution is 5.99. The van der Waals surface area contributed by atoms with E-state index in [2.05, 4.69) is 53.2 Å². The van der Waals surface area contributed by atoms with Gasteiger partial charge in [0, 0.05) is 13.1 Å². The molecular formula is C58H106N16O14. The van der Waals surface area contributed by atoms with Gasteiger partial charge in [-0.2, -0.15) is 0 Å². The molecule has 0 unspecified atom stereocenters. The maximum absolute atomic E-state index is 14.6. The zero-order chi connectivity index (χ0) is 66.9. The van der Waals surface area contributed by atoms with Crippen LogP contribution in [-0.2, 0) is 57.5 Å². The van der Waals surface area contributed by atoms with Crippen LogP contribution in [0.1, 0.15) is 160 Å². The third kappa shape index (κ3) is 25.1. The largest absolute Gasteiger partial charge is 0.480 e. The summed E-state index contributed by atoms with van der Waals surface area (Å²) < 4.78 is 0. The number of carbonyl (C=O) groups excluding carboxylic acids is 11. The number of likely N-dealkylation sites (tertiary alicyclic amines) is 2. The number of unbranched alkanes of at least 4 members (excludes halogenated alkanes) is 1. The van der Waals surface area contributed by atoms with E-state index in [4.69, 9.17) is 22.9 Å². The fourth-order valence-electron chi connectivity index (χ4n) is 10.3. The first-order valence-corrected chi connectivity index (χ1v) is 31.1. The third-order valence-corrected chi connectivity index (χ3v) is 15.6. The molecule has 14 atom stereocenters.